The van der Waals surface area contributed by atoms with Crippen LogP contribution in [0.5, 0.6) is 11.5 Å². The molecule has 2 atom stereocenters. The number of halogens is 1. The number of carbonyl (C=O) groups is 2. The van der Waals surface area contributed by atoms with Gasteiger partial charge >= 0.3 is 0 Å². The quantitative estimate of drug-likeness (QED) is 0.854. The summed E-state index contributed by atoms with van der Waals surface area (Å²) in [5.41, 5.74) is 2.86. The topological polar surface area (TPSA) is 64.6 Å². The Kier molecular flexibility index (Phi) is 5.09. The molecule has 0 spiro atoms. The van der Waals surface area contributed by atoms with Crippen molar-refractivity contribution in [2.45, 2.75) is 31.1 Å². The van der Waals surface area contributed by atoms with Gasteiger partial charge in [-0.3, -0.25) is 9.59 Å². The maximum atomic E-state index is 13.7. The van der Waals surface area contributed by atoms with Gasteiger partial charge in [-0.05, 0) is 47.7 Å². The number of ether oxygens (including phenoxy) is 2. The molecule has 0 saturated carbocycles. The summed E-state index contributed by atoms with van der Waals surface area (Å²) in [5, 5.41) is 2.88. The lowest BCUT2D eigenvalue weighted by molar-refractivity contribution is -0.122. The van der Waals surface area contributed by atoms with Crippen molar-refractivity contribution >= 4 is 11.7 Å². The number of carbonyl (C=O) groups excluding carboxylic acids is 2. The minimum atomic E-state index is -0.409. The third-order valence-electron chi connectivity index (χ3n) is 5.67. The van der Waals surface area contributed by atoms with E-state index in [1.54, 1.807) is 26.4 Å². The fraction of sp³-hybridized carbons (Fsp3) is 0.304. The van der Waals surface area contributed by atoms with Gasteiger partial charge in [0.2, 0.25) is 5.91 Å². The first-order valence-corrected chi connectivity index (χ1v) is 9.53. The molecule has 1 aliphatic heterocycles. The third kappa shape index (κ3) is 3.62. The molecule has 150 valence electrons. The Morgan fingerprint density at radius 3 is 2.45 bits per heavy atom. The number of methoxy groups -OCH3 is 2. The molecule has 29 heavy (non-hydrogen) atoms. The average molecular weight is 395 g/mol. The van der Waals surface area contributed by atoms with Crippen molar-refractivity contribution in [3.05, 3.63) is 70.7 Å². The molecule has 0 bridgehead atoms. The van der Waals surface area contributed by atoms with E-state index in [0.717, 1.165) is 5.56 Å². The highest BCUT2D eigenvalue weighted by atomic mass is 19.1. The summed E-state index contributed by atoms with van der Waals surface area (Å²) in [7, 11) is 3.14. The van der Waals surface area contributed by atoms with Crippen LogP contribution in [-0.2, 0) is 9.59 Å². The van der Waals surface area contributed by atoms with Crippen LogP contribution in [0.25, 0.3) is 0 Å². The van der Waals surface area contributed by atoms with Gasteiger partial charge in [0.15, 0.2) is 17.3 Å². The zero-order valence-corrected chi connectivity index (χ0v) is 16.3. The van der Waals surface area contributed by atoms with E-state index in [9.17, 15) is 14.0 Å². The Bertz CT molecular complexity index is 1010. The summed E-state index contributed by atoms with van der Waals surface area (Å²) in [6, 6.07) is 11.7. The molecule has 0 unspecified atom stereocenters. The van der Waals surface area contributed by atoms with Gasteiger partial charge in [0.05, 0.1) is 14.2 Å². The van der Waals surface area contributed by atoms with Gasteiger partial charge in [0.1, 0.15) is 5.82 Å². The Balaban J connectivity index is 1.70. The van der Waals surface area contributed by atoms with Gasteiger partial charge in [0.25, 0.3) is 0 Å². The number of rotatable bonds is 4. The molecule has 0 fully saturated rings. The summed E-state index contributed by atoms with van der Waals surface area (Å²) in [6.45, 7) is 0. The van der Waals surface area contributed by atoms with E-state index in [1.165, 1.54) is 12.1 Å². The van der Waals surface area contributed by atoms with Gasteiger partial charge in [-0.2, -0.15) is 0 Å². The lowest BCUT2D eigenvalue weighted by Crippen LogP contribution is -2.38. The van der Waals surface area contributed by atoms with Gasteiger partial charge < -0.3 is 14.8 Å². The largest absolute Gasteiger partial charge is 0.493 e. The molecular weight excluding hydrogens is 373 g/mol. The minimum Gasteiger partial charge on any atom is -0.493 e. The maximum absolute atomic E-state index is 13.7. The van der Waals surface area contributed by atoms with E-state index >= 15 is 0 Å². The minimum absolute atomic E-state index is 0.0136. The summed E-state index contributed by atoms with van der Waals surface area (Å²) in [4.78, 5) is 25.4. The smallest absolute Gasteiger partial charge is 0.225 e. The fourth-order valence-electron chi connectivity index (χ4n) is 4.31. The number of Topliss-reactive ketones (excluding diaryl/α,β-unsaturated/α-hetero) is 1. The van der Waals surface area contributed by atoms with E-state index < -0.39 is 5.92 Å². The molecule has 2 aliphatic rings. The van der Waals surface area contributed by atoms with Crippen molar-refractivity contribution in [3.63, 3.8) is 0 Å². The van der Waals surface area contributed by atoms with Crippen LogP contribution in [0.15, 0.2) is 53.7 Å². The Hall–Kier alpha value is -3.15. The predicted molar refractivity (Wildman–Crippen MR) is 105 cm³/mol. The van der Waals surface area contributed by atoms with E-state index in [0.29, 0.717) is 41.2 Å². The summed E-state index contributed by atoms with van der Waals surface area (Å²) in [6.07, 6.45) is 1.01. The number of allylic oxidation sites excluding steroid dienone is 2. The zero-order valence-electron chi connectivity index (χ0n) is 16.3. The predicted octanol–water partition coefficient (Wildman–Crippen LogP) is 3.85. The summed E-state index contributed by atoms with van der Waals surface area (Å²) < 4.78 is 24.4. The zero-order chi connectivity index (χ0) is 20.5. The number of ketones is 1. The molecule has 1 aliphatic carbocycles. The second kappa shape index (κ2) is 7.70. The monoisotopic (exact) mass is 395 g/mol. The second-order valence-electron chi connectivity index (χ2n) is 7.39. The lowest BCUT2D eigenvalue weighted by atomic mass is 9.73. The standard InChI is InChI=1S/C23H22FNO4/c1-28-20-7-6-13(11-21(20)29-2)15-9-18-23(19(26)10-15)17(12-22(27)25-18)14-4-3-5-16(24)8-14/h3-8,11,15,17H,9-10,12H2,1-2H3,(H,25,27)/t15-,17+/m1/s1. The van der Waals surface area contributed by atoms with E-state index in [1.807, 2.05) is 18.2 Å². The average Bonchev–Trinajstić information content (AvgIpc) is 2.72. The first kappa shape index (κ1) is 19.2. The normalized spacial score (nSPS) is 21.5. The molecule has 2 aromatic carbocycles. The second-order valence-corrected chi connectivity index (χ2v) is 7.39. The van der Waals surface area contributed by atoms with Crippen molar-refractivity contribution in [1.82, 2.24) is 5.32 Å². The van der Waals surface area contributed by atoms with Gasteiger partial charge in [0, 0.05) is 30.0 Å². The van der Waals surface area contributed by atoms with Crippen molar-refractivity contribution in [1.29, 1.82) is 0 Å². The SMILES string of the molecule is COc1ccc([C@H]2CC(=O)C3=C(C2)NC(=O)C[C@H]3c2cccc(F)c2)cc1OC. The van der Waals surface area contributed by atoms with E-state index in [-0.39, 0.29) is 29.8 Å². The summed E-state index contributed by atoms with van der Waals surface area (Å²) in [5.74, 6) is 0.194. The molecule has 0 aromatic heterocycles. The molecule has 1 N–H and O–H groups in total. The molecular formula is C23H22FNO4. The number of benzene rings is 2. The highest BCUT2D eigenvalue weighted by Crippen LogP contribution is 2.43. The molecule has 2 aromatic rings. The molecule has 1 heterocycles. The Morgan fingerprint density at radius 1 is 0.931 bits per heavy atom. The molecule has 4 rings (SSSR count). The summed E-state index contributed by atoms with van der Waals surface area (Å²) >= 11 is 0. The van der Waals surface area contributed by atoms with Crippen molar-refractivity contribution in [2.24, 2.45) is 0 Å². The van der Waals surface area contributed by atoms with Crippen molar-refractivity contribution < 1.29 is 23.5 Å². The van der Waals surface area contributed by atoms with Crippen LogP contribution in [0.4, 0.5) is 4.39 Å². The molecule has 1 amide bonds. The van der Waals surface area contributed by atoms with Crippen molar-refractivity contribution in [3.8, 4) is 11.5 Å². The van der Waals surface area contributed by atoms with E-state index in [2.05, 4.69) is 5.32 Å². The number of hydrogen-bond acceptors (Lipinski definition) is 4. The van der Waals surface area contributed by atoms with Gasteiger partial charge in [-0.1, -0.05) is 18.2 Å². The highest BCUT2D eigenvalue weighted by molar-refractivity contribution is 6.02. The Labute approximate surface area is 168 Å². The number of amides is 1. The molecule has 0 saturated heterocycles. The Morgan fingerprint density at radius 2 is 1.72 bits per heavy atom. The highest BCUT2D eigenvalue weighted by Gasteiger charge is 2.38. The number of nitrogens with one attached hydrogen (secondary N) is 1. The first-order chi connectivity index (χ1) is 14.0. The van der Waals surface area contributed by atoms with Crippen LogP contribution < -0.4 is 14.8 Å². The number of hydrogen-bond donors (Lipinski definition) is 1. The maximum Gasteiger partial charge on any atom is 0.225 e. The van der Waals surface area contributed by atoms with Crippen LogP contribution in [0.3, 0.4) is 0 Å². The van der Waals surface area contributed by atoms with Crippen LogP contribution in [0.1, 0.15) is 42.2 Å². The first-order valence-electron chi connectivity index (χ1n) is 9.53. The van der Waals surface area contributed by atoms with Crippen LogP contribution in [-0.4, -0.2) is 25.9 Å². The lowest BCUT2D eigenvalue weighted by Gasteiger charge is -2.34. The van der Waals surface area contributed by atoms with Crippen LogP contribution in [0.2, 0.25) is 0 Å². The van der Waals surface area contributed by atoms with Crippen LogP contribution >= 0.6 is 0 Å². The fourth-order valence-corrected chi connectivity index (χ4v) is 4.31. The van der Waals surface area contributed by atoms with Gasteiger partial charge in [-0.25, -0.2) is 4.39 Å². The van der Waals surface area contributed by atoms with Crippen LogP contribution in [0, 0.1) is 5.82 Å². The third-order valence-corrected chi connectivity index (χ3v) is 5.67. The molecule has 0 radical (unpaired) electrons. The van der Waals surface area contributed by atoms with Crippen molar-refractivity contribution in [2.75, 3.05) is 14.2 Å². The molecule has 5 nitrogen and oxygen atoms in total. The van der Waals surface area contributed by atoms with E-state index in [4.69, 9.17) is 9.47 Å². The van der Waals surface area contributed by atoms with Gasteiger partial charge in [-0.15, -0.1) is 0 Å². The molecule has 6 heteroatoms.